The van der Waals surface area contributed by atoms with Gasteiger partial charge in [0.05, 0.1) is 18.3 Å². The van der Waals surface area contributed by atoms with Crippen molar-refractivity contribution in [2.45, 2.75) is 23.8 Å². The second kappa shape index (κ2) is 12.9. The lowest BCUT2D eigenvalue weighted by molar-refractivity contribution is -0.119. The molecule has 41 heavy (non-hydrogen) atoms. The number of rotatable bonds is 11. The lowest BCUT2D eigenvalue weighted by Crippen LogP contribution is -2.51. The van der Waals surface area contributed by atoms with Gasteiger partial charge in [-0.25, -0.2) is 12.7 Å². The van der Waals surface area contributed by atoms with E-state index < -0.39 is 27.9 Å². The highest BCUT2D eigenvalue weighted by molar-refractivity contribution is 7.93. The summed E-state index contributed by atoms with van der Waals surface area (Å²) in [6.07, 6.45) is 1.96. The van der Waals surface area contributed by atoms with E-state index >= 15 is 0 Å². The normalized spacial score (nSPS) is 11.8. The van der Waals surface area contributed by atoms with E-state index in [9.17, 15) is 18.0 Å². The molecular formula is C29H30N6O5S. The molecule has 11 nitrogen and oxygen atoms in total. The summed E-state index contributed by atoms with van der Waals surface area (Å²) in [6, 6.07) is 21.2. The Morgan fingerprint density at radius 1 is 1.00 bits per heavy atom. The lowest BCUT2D eigenvalue weighted by Gasteiger charge is -2.28. The number of aromatic nitrogens is 1. The van der Waals surface area contributed by atoms with Crippen LogP contribution in [0.15, 0.2) is 101 Å². The molecule has 0 saturated carbocycles. The molecule has 3 aromatic carbocycles. The number of pyridine rings is 1. The van der Waals surface area contributed by atoms with Crippen molar-refractivity contribution in [1.29, 1.82) is 0 Å². The van der Waals surface area contributed by atoms with E-state index in [1.807, 2.05) is 0 Å². The molecule has 2 amide bonds. The quantitative estimate of drug-likeness (QED) is 0.139. The summed E-state index contributed by atoms with van der Waals surface area (Å²) in [4.78, 5) is 35.4. The van der Waals surface area contributed by atoms with Gasteiger partial charge >= 0.3 is 0 Å². The second-order valence-electron chi connectivity index (χ2n) is 8.98. The number of hydrogen-bond acceptors (Lipinski definition) is 7. The molecule has 4 aromatic rings. The number of hydrogen-bond donors (Lipinski definition) is 3. The summed E-state index contributed by atoms with van der Waals surface area (Å²) in [6.45, 7) is 0.175. The summed E-state index contributed by atoms with van der Waals surface area (Å²) in [5, 5.41) is 3.33. The molecule has 0 bridgehead atoms. The molecule has 0 saturated heterocycles. The summed E-state index contributed by atoms with van der Waals surface area (Å²) in [5.41, 5.74) is 11.9. The molecule has 4 rings (SSSR count). The fourth-order valence-electron chi connectivity index (χ4n) is 4.24. The molecule has 5 N–H and O–H groups in total. The van der Waals surface area contributed by atoms with Crippen LogP contribution in [-0.2, 0) is 14.8 Å². The molecule has 0 fully saturated rings. The third-order valence-corrected chi connectivity index (χ3v) is 7.96. The number of amides is 2. The molecule has 0 aliphatic carbocycles. The number of methoxy groups -OCH3 is 1. The Labute approximate surface area is 237 Å². The van der Waals surface area contributed by atoms with E-state index in [-0.39, 0.29) is 41.7 Å². The molecule has 1 heterocycles. The Morgan fingerprint density at radius 3 is 2.46 bits per heavy atom. The van der Waals surface area contributed by atoms with Gasteiger partial charge in [0.25, 0.3) is 21.8 Å². The van der Waals surface area contributed by atoms with Gasteiger partial charge in [0.2, 0.25) is 0 Å². The van der Waals surface area contributed by atoms with Crippen molar-refractivity contribution in [3.05, 3.63) is 96.7 Å². The van der Waals surface area contributed by atoms with Crippen molar-refractivity contribution in [1.82, 2.24) is 10.3 Å². The molecule has 0 unspecified atom stereocenters. The average Bonchev–Trinajstić information content (AvgIpc) is 2.98. The molecule has 0 radical (unpaired) electrons. The third kappa shape index (κ3) is 6.79. The Balaban J connectivity index is 1.81. The Morgan fingerprint density at radius 2 is 1.73 bits per heavy atom. The van der Waals surface area contributed by atoms with Gasteiger partial charge in [-0.3, -0.25) is 19.6 Å². The molecule has 0 spiro atoms. The highest BCUT2D eigenvalue weighted by Crippen LogP contribution is 2.32. The van der Waals surface area contributed by atoms with Crippen molar-refractivity contribution >= 4 is 44.4 Å². The fourth-order valence-corrected chi connectivity index (χ4v) is 5.85. The zero-order valence-electron chi connectivity index (χ0n) is 22.3. The number of fused-ring (bicyclic) bond motifs is 1. The molecule has 1 atom stereocenters. The summed E-state index contributed by atoms with van der Waals surface area (Å²) < 4.78 is 34.4. The van der Waals surface area contributed by atoms with E-state index in [0.717, 1.165) is 0 Å². The lowest BCUT2D eigenvalue weighted by atomic mass is 10.1. The van der Waals surface area contributed by atoms with Crippen LogP contribution in [0.5, 0.6) is 5.75 Å². The van der Waals surface area contributed by atoms with E-state index in [0.29, 0.717) is 20.8 Å². The highest BCUT2D eigenvalue weighted by Gasteiger charge is 2.37. The Bertz CT molecular complexity index is 1670. The minimum atomic E-state index is -4.53. The van der Waals surface area contributed by atoms with Crippen LogP contribution in [0.4, 0.5) is 5.69 Å². The van der Waals surface area contributed by atoms with Gasteiger partial charge in [0.1, 0.15) is 16.7 Å². The zero-order valence-corrected chi connectivity index (χ0v) is 23.1. The minimum Gasteiger partial charge on any atom is -0.495 e. The van der Waals surface area contributed by atoms with Crippen LogP contribution in [0.25, 0.3) is 10.9 Å². The van der Waals surface area contributed by atoms with Crippen molar-refractivity contribution in [2.75, 3.05) is 18.0 Å². The van der Waals surface area contributed by atoms with Crippen LogP contribution in [0, 0.1) is 0 Å². The van der Waals surface area contributed by atoms with Gasteiger partial charge < -0.3 is 21.5 Å². The number of benzene rings is 3. The summed E-state index contributed by atoms with van der Waals surface area (Å²) in [7, 11) is -3.19. The number of carbonyl (C=O) groups excluding carboxylic acids is 2. The van der Waals surface area contributed by atoms with Gasteiger partial charge in [-0.05, 0) is 61.4 Å². The van der Waals surface area contributed by atoms with Crippen LogP contribution < -0.4 is 25.8 Å². The SMILES string of the molecule is COc1ccccc1S(=O)(=O)N(C(=O)[C@H](CCCN=C(N)N)NC(=O)c1ccccc1)c1ccc2ncccc2c1. The largest absolute Gasteiger partial charge is 0.495 e. The average molecular weight is 575 g/mol. The molecule has 12 heteroatoms. The van der Waals surface area contributed by atoms with E-state index in [1.165, 1.54) is 31.4 Å². The maximum atomic E-state index is 14.3. The topological polar surface area (TPSA) is 170 Å². The second-order valence-corrected chi connectivity index (χ2v) is 10.7. The van der Waals surface area contributed by atoms with Crippen LogP contribution in [0.3, 0.4) is 0 Å². The van der Waals surface area contributed by atoms with Gasteiger partial charge in [-0.2, -0.15) is 0 Å². The number of ether oxygens (including phenoxy) is 1. The first kappa shape index (κ1) is 29.0. The van der Waals surface area contributed by atoms with Gasteiger partial charge in [-0.15, -0.1) is 0 Å². The van der Waals surface area contributed by atoms with Crippen molar-refractivity contribution in [2.24, 2.45) is 16.5 Å². The molecule has 0 aliphatic heterocycles. The summed E-state index contributed by atoms with van der Waals surface area (Å²) in [5.74, 6) is -1.46. The number of para-hydroxylation sites is 1. The smallest absolute Gasteiger partial charge is 0.274 e. The first-order valence-electron chi connectivity index (χ1n) is 12.7. The predicted octanol–water partition coefficient (Wildman–Crippen LogP) is 2.82. The number of sulfonamides is 1. The first-order valence-corrected chi connectivity index (χ1v) is 14.1. The van der Waals surface area contributed by atoms with E-state index in [2.05, 4.69) is 15.3 Å². The van der Waals surface area contributed by atoms with E-state index in [4.69, 9.17) is 16.2 Å². The zero-order chi connectivity index (χ0) is 29.4. The number of aliphatic imine (C=N–C) groups is 1. The first-order chi connectivity index (χ1) is 19.7. The number of nitrogens with zero attached hydrogens (tertiary/aromatic N) is 3. The molecule has 212 valence electrons. The number of nitrogens with two attached hydrogens (primary N) is 2. The Kier molecular flexibility index (Phi) is 9.15. The molecular weight excluding hydrogens is 544 g/mol. The predicted molar refractivity (Wildman–Crippen MR) is 157 cm³/mol. The van der Waals surface area contributed by atoms with Crippen LogP contribution in [-0.4, -0.2) is 50.9 Å². The van der Waals surface area contributed by atoms with Crippen molar-refractivity contribution < 1.29 is 22.7 Å². The third-order valence-electron chi connectivity index (χ3n) is 6.19. The number of anilines is 1. The van der Waals surface area contributed by atoms with Gasteiger partial charge in [-0.1, -0.05) is 36.4 Å². The van der Waals surface area contributed by atoms with Crippen LogP contribution in [0.1, 0.15) is 23.2 Å². The summed E-state index contributed by atoms with van der Waals surface area (Å²) >= 11 is 0. The molecule has 1 aromatic heterocycles. The monoisotopic (exact) mass is 574 g/mol. The fraction of sp³-hybridized carbons (Fsp3) is 0.172. The number of guanidine groups is 1. The van der Waals surface area contributed by atoms with Crippen molar-refractivity contribution in [3.63, 3.8) is 0 Å². The maximum Gasteiger partial charge on any atom is 0.274 e. The van der Waals surface area contributed by atoms with Crippen LogP contribution >= 0.6 is 0 Å². The minimum absolute atomic E-state index is 0.0568. The number of nitrogens with one attached hydrogen (secondary N) is 1. The van der Waals surface area contributed by atoms with E-state index in [1.54, 1.807) is 66.9 Å². The van der Waals surface area contributed by atoms with Crippen LogP contribution in [0.2, 0.25) is 0 Å². The highest BCUT2D eigenvalue weighted by atomic mass is 32.2. The maximum absolute atomic E-state index is 14.3. The number of carbonyl (C=O) groups is 2. The van der Waals surface area contributed by atoms with Gasteiger partial charge in [0.15, 0.2) is 5.96 Å². The Hall–Kier alpha value is -4.97. The van der Waals surface area contributed by atoms with Crippen molar-refractivity contribution in [3.8, 4) is 5.75 Å². The van der Waals surface area contributed by atoms with Gasteiger partial charge in [0, 0.05) is 23.7 Å². The standard InChI is InChI=1S/C29H30N6O5S/c1-40-25-13-5-6-14-26(25)41(38,39)35(22-15-16-23-21(19-22)11-7-17-32-23)28(37)24(12-8-18-33-29(30)31)34-27(36)20-9-3-2-4-10-20/h2-7,9-11,13-17,19,24H,8,12,18H2,1H3,(H,34,36)(H4,30,31,33)/t24-/m0/s1. The molecule has 0 aliphatic rings.